The summed E-state index contributed by atoms with van der Waals surface area (Å²) in [5, 5.41) is 0. The van der Waals surface area contributed by atoms with Crippen LogP contribution >= 0.6 is 22.6 Å². The van der Waals surface area contributed by atoms with E-state index in [1.165, 1.54) is 11.4 Å². The van der Waals surface area contributed by atoms with E-state index in [9.17, 15) is 4.79 Å². The van der Waals surface area contributed by atoms with Gasteiger partial charge in [0.1, 0.15) is 0 Å². The summed E-state index contributed by atoms with van der Waals surface area (Å²) in [6.07, 6.45) is 0. The Kier molecular flexibility index (Phi) is 13.9. The number of primary amides is 1. The Bertz CT molecular complexity index is 43.0. The number of carbonyl (C=O) groups excluding carboxylic acids is 1. The lowest BCUT2D eigenvalue weighted by Gasteiger charge is -1.60. The first-order valence-electron chi connectivity index (χ1n) is 1.97. The van der Waals surface area contributed by atoms with Gasteiger partial charge in [-0.25, -0.2) is 0 Å². The van der Waals surface area contributed by atoms with Crippen molar-refractivity contribution in [2.24, 2.45) is 5.73 Å². The van der Waals surface area contributed by atoms with E-state index in [1.807, 2.05) is 0 Å². The van der Waals surface area contributed by atoms with Gasteiger partial charge in [-0.15, -0.1) is 0 Å². The zero-order valence-corrected chi connectivity index (χ0v) is 6.73. The van der Waals surface area contributed by atoms with Gasteiger partial charge in [-0.05, 0) is 4.43 Å². The summed E-state index contributed by atoms with van der Waals surface area (Å²) in [5.41, 5.74) is 4.47. The van der Waals surface area contributed by atoms with E-state index < -0.39 is 0 Å². The van der Waals surface area contributed by atoms with E-state index in [2.05, 4.69) is 35.2 Å². The fourth-order valence-electron chi connectivity index (χ4n) is 0. The molecule has 0 unspecified atom stereocenters. The van der Waals surface area contributed by atoms with E-state index in [0.717, 1.165) is 0 Å². The maximum absolute atomic E-state index is 9.22. The van der Waals surface area contributed by atoms with Crippen molar-refractivity contribution >= 4 is 28.5 Å². The van der Waals surface area contributed by atoms with Crippen molar-refractivity contribution in [2.75, 3.05) is 4.43 Å². The summed E-state index contributed by atoms with van der Waals surface area (Å²) in [5.74, 6) is -0.333. The Balaban J connectivity index is 0. The lowest BCUT2D eigenvalue weighted by Crippen LogP contribution is -2.01. The number of hydrogen-bond acceptors (Lipinski definition) is 1. The molecule has 0 rings (SSSR count). The second-order valence-corrected chi connectivity index (χ2v) is 2.40. The molecule has 0 atom stereocenters. The molecule has 2 nitrogen and oxygen atoms in total. The van der Waals surface area contributed by atoms with Crippen LogP contribution in [0.25, 0.3) is 0 Å². The number of rotatable bonds is 0. The van der Waals surface area contributed by atoms with E-state index in [0.29, 0.717) is 0 Å². The summed E-state index contributed by atoms with van der Waals surface area (Å²) < 4.78 is 1.22. The zero-order valence-electron chi connectivity index (χ0n) is 4.57. The third kappa shape index (κ3) is 2730. The van der Waals surface area contributed by atoms with Crippen molar-refractivity contribution in [2.45, 2.75) is 13.8 Å². The van der Waals surface area contributed by atoms with Crippen LogP contribution in [0.3, 0.4) is 0 Å². The maximum Gasteiger partial charge on any atom is 0.214 e. The van der Waals surface area contributed by atoms with Crippen molar-refractivity contribution in [1.29, 1.82) is 0 Å². The van der Waals surface area contributed by atoms with Gasteiger partial charge in [0.2, 0.25) is 5.91 Å². The Morgan fingerprint density at radius 2 is 1.86 bits per heavy atom. The van der Waals surface area contributed by atoms with Gasteiger partial charge in [-0.3, -0.25) is 4.79 Å². The van der Waals surface area contributed by atoms with Crippen LogP contribution in [0.1, 0.15) is 13.8 Å². The monoisotopic (exact) mass is 215 g/mol. The number of alkyl halides is 1. The number of nitrogens with two attached hydrogens (primary N) is 1. The minimum atomic E-state index is -0.333. The molecule has 0 radical (unpaired) electrons. The fraction of sp³-hybridized carbons (Fsp3) is 0.750. The molecule has 0 bridgehead atoms. The average molecular weight is 215 g/mol. The summed E-state index contributed by atoms with van der Waals surface area (Å²) in [6.45, 7) is 3.42. The Morgan fingerprint density at radius 3 is 1.86 bits per heavy atom. The molecule has 1 amide bonds. The van der Waals surface area contributed by atoms with Crippen molar-refractivity contribution in [3.63, 3.8) is 0 Å². The second kappa shape index (κ2) is 9.50. The number of carbonyl (C=O) groups is 1. The van der Waals surface area contributed by atoms with E-state index in [1.54, 1.807) is 0 Å². The van der Waals surface area contributed by atoms with Crippen LogP contribution in [0.5, 0.6) is 0 Å². The molecule has 0 aliphatic heterocycles. The first-order valence-corrected chi connectivity index (χ1v) is 3.49. The van der Waals surface area contributed by atoms with Crippen molar-refractivity contribution in [3.05, 3.63) is 0 Å². The van der Waals surface area contributed by atoms with Gasteiger partial charge in [-0.2, -0.15) is 0 Å². The van der Waals surface area contributed by atoms with Crippen LogP contribution < -0.4 is 5.73 Å². The van der Waals surface area contributed by atoms with E-state index in [4.69, 9.17) is 0 Å². The van der Waals surface area contributed by atoms with Gasteiger partial charge in [0.25, 0.3) is 0 Å². The normalized spacial score (nSPS) is 6.14. The fourth-order valence-corrected chi connectivity index (χ4v) is 0. The average Bonchev–Trinajstić information content (AvgIpc) is 1.33. The lowest BCUT2D eigenvalue weighted by atomic mass is 10.8. The Morgan fingerprint density at radius 1 is 1.86 bits per heavy atom. The molecule has 0 aromatic carbocycles. The number of hydrogen-bond donors (Lipinski definition) is 1. The first-order chi connectivity index (χ1) is 3.15. The highest BCUT2D eigenvalue weighted by Gasteiger charge is 1.61. The molecule has 7 heavy (non-hydrogen) atoms. The quantitative estimate of drug-likeness (QED) is 0.474. The zero-order chi connectivity index (χ0) is 6.28. The molecule has 0 saturated heterocycles. The highest BCUT2D eigenvalue weighted by Crippen LogP contribution is 1.69. The predicted molar refractivity (Wildman–Crippen MR) is 39.4 cm³/mol. The summed E-state index contributed by atoms with van der Waals surface area (Å²) in [7, 11) is 0. The minimum Gasteiger partial charge on any atom is -0.370 e. The molecule has 0 fully saturated rings. The highest BCUT2D eigenvalue weighted by molar-refractivity contribution is 14.1. The van der Waals surface area contributed by atoms with Crippen LogP contribution in [0.15, 0.2) is 0 Å². The van der Waals surface area contributed by atoms with E-state index >= 15 is 0 Å². The summed E-state index contributed by atoms with van der Waals surface area (Å²) in [6, 6.07) is 0. The van der Waals surface area contributed by atoms with Gasteiger partial charge < -0.3 is 5.73 Å². The maximum atomic E-state index is 9.22. The molecule has 0 saturated carbocycles. The van der Waals surface area contributed by atoms with E-state index in [-0.39, 0.29) is 5.91 Å². The standard InChI is InChI=1S/C2H5I.C2H5NO/c1-2-3;1-2(3)4/h2H2,1H3;1H3,(H2,3,4). The van der Waals surface area contributed by atoms with Gasteiger partial charge in [0.05, 0.1) is 0 Å². The molecular formula is C4H10INO. The molecular weight excluding hydrogens is 205 g/mol. The molecule has 3 heteroatoms. The van der Waals surface area contributed by atoms with Crippen LogP contribution in [0.4, 0.5) is 0 Å². The molecule has 44 valence electrons. The largest absolute Gasteiger partial charge is 0.370 e. The van der Waals surface area contributed by atoms with Crippen molar-refractivity contribution in [3.8, 4) is 0 Å². The van der Waals surface area contributed by atoms with Crippen LogP contribution in [0, 0.1) is 0 Å². The van der Waals surface area contributed by atoms with Gasteiger partial charge in [0.15, 0.2) is 0 Å². The van der Waals surface area contributed by atoms with Gasteiger partial charge >= 0.3 is 0 Å². The first kappa shape index (κ1) is 10.2. The lowest BCUT2D eigenvalue weighted by molar-refractivity contribution is -0.115. The van der Waals surface area contributed by atoms with Crippen molar-refractivity contribution < 1.29 is 4.79 Å². The third-order valence-electron chi connectivity index (χ3n) is 0. The molecule has 0 heterocycles. The molecule has 2 N–H and O–H groups in total. The molecule has 0 aliphatic carbocycles. The highest BCUT2D eigenvalue weighted by atomic mass is 127. The summed E-state index contributed by atoms with van der Waals surface area (Å²) in [4.78, 5) is 9.22. The van der Waals surface area contributed by atoms with Crippen molar-refractivity contribution in [1.82, 2.24) is 0 Å². The third-order valence-corrected chi connectivity index (χ3v) is 0. The number of halogens is 1. The van der Waals surface area contributed by atoms with Gasteiger partial charge in [0, 0.05) is 6.92 Å². The predicted octanol–water partition coefficient (Wildman–Crippen LogP) is 0.933. The Labute approximate surface area is 57.6 Å². The minimum absolute atomic E-state index is 0.333. The smallest absolute Gasteiger partial charge is 0.214 e. The second-order valence-electron chi connectivity index (χ2n) is 0.878. The molecule has 0 spiro atoms. The van der Waals surface area contributed by atoms with Crippen LogP contribution in [-0.2, 0) is 4.79 Å². The van der Waals surface area contributed by atoms with Gasteiger partial charge in [-0.1, -0.05) is 29.5 Å². The SMILES string of the molecule is CC(N)=O.CCI. The molecule has 0 aromatic rings. The molecule has 0 aromatic heterocycles. The Hall–Kier alpha value is 0.200. The topological polar surface area (TPSA) is 43.1 Å². The number of amides is 1. The van der Waals surface area contributed by atoms with Crippen LogP contribution in [-0.4, -0.2) is 10.3 Å². The molecule has 0 aliphatic rings. The van der Waals surface area contributed by atoms with Crippen LogP contribution in [0.2, 0.25) is 0 Å². The summed E-state index contributed by atoms with van der Waals surface area (Å²) >= 11 is 2.29.